The predicted octanol–water partition coefficient (Wildman–Crippen LogP) is 1.71. The molecule has 0 saturated heterocycles. The number of rotatable bonds is 2. The fraction of sp³-hybridized carbons (Fsp3) is 0.412. The highest BCUT2D eigenvalue weighted by Gasteiger charge is 2.40. The Kier molecular flexibility index (Phi) is 2.84. The average molecular weight is 283 g/mol. The fourth-order valence-electron chi connectivity index (χ4n) is 3.79. The van der Waals surface area contributed by atoms with Crippen LogP contribution in [0, 0.1) is 0 Å². The second kappa shape index (κ2) is 4.72. The van der Waals surface area contributed by atoms with E-state index in [0.29, 0.717) is 17.9 Å². The zero-order chi connectivity index (χ0) is 14.4. The molecule has 0 bridgehead atoms. The first-order chi connectivity index (χ1) is 10.3. The molecule has 1 aromatic carbocycles. The Morgan fingerprint density at radius 2 is 2.05 bits per heavy atom. The van der Waals surface area contributed by atoms with Gasteiger partial charge in [-0.2, -0.15) is 9.13 Å². The van der Waals surface area contributed by atoms with E-state index in [4.69, 9.17) is 0 Å². The van der Waals surface area contributed by atoms with Gasteiger partial charge in [-0.05, 0) is 24.8 Å². The number of benzene rings is 1. The highest BCUT2D eigenvalue weighted by Crippen LogP contribution is 2.33. The molecule has 4 nitrogen and oxygen atoms in total. The minimum atomic E-state index is -0.00740. The summed E-state index contributed by atoms with van der Waals surface area (Å²) in [7, 11) is 0. The summed E-state index contributed by atoms with van der Waals surface area (Å²) in [6.07, 6.45) is 3.75. The van der Waals surface area contributed by atoms with Gasteiger partial charge in [0.15, 0.2) is 0 Å². The molecule has 108 valence electrons. The molecule has 1 aromatic heterocycles. The van der Waals surface area contributed by atoms with Crippen molar-refractivity contribution in [1.29, 1.82) is 0 Å². The van der Waals surface area contributed by atoms with Crippen molar-refractivity contribution in [2.24, 2.45) is 0 Å². The molecule has 0 spiro atoms. The maximum absolute atomic E-state index is 12.7. The lowest BCUT2D eigenvalue weighted by Gasteiger charge is -2.18. The van der Waals surface area contributed by atoms with Gasteiger partial charge in [-0.1, -0.05) is 30.3 Å². The Balaban J connectivity index is 1.88. The Labute approximate surface area is 123 Å². The van der Waals surface area contributed by atoms with Crippen LogP contribution in [0.3, 0.4) is 0 Å². The van der Waals surface area contributed by atoms with Gasteiger partial charge in [0.2, 0.25) is 0 Å². The van der Waals surface area contributed by atoms with Gasteiger partial charge in [-0.15, -0.1) is 0 Å². The molecule has 4 heteroatoms. The lowest BCUT2D eigenvalue weighted by atomic mass is 9.97. The molecule has 1 atom stereocenters. The Morgan fingerprint density at radius 3 is 2.86 bits per heavy atom. The van der Waals surface area contributed by atoms with Crippen molar-refractivity contribution >= 4 is 0 Å². The standard InChI is InChI=1S/C17H18N2O2/c20-16-14(11-12-5-2-1-3-6-12)17(21)19-10-8-13-7-4-9-18(16)15(13)19/h1-3,5-6,13H,4,7-11H2/p+1. The molecule has 21 heavy (non-hydrogen) atoms. The lowest BCUT2D eigenvalue weighted by Crippen LogP contribution is -2.48. The topological polar surface area (TPSA) is 46.1 Å². The third-order valence-electron chi connectivity index (χ3n) is 4.81. The zero-order valence-corrected chi connectivity index (χ0v) is 12.0. The Bertz CT molecular complexity index is 750. The minimum absolute atomic E-state index is 0.00740. The number of aromatic nitrogens is 2. The van der Waals surface area contributed by atoms with Gasteiger partial charge < -0.3 is 5.11 Å². The maximum atomic E-state index is 12.7. The summed E-state index contributed by atoms with van der Waals surface area (Å²) < 4.78 is 3.86. The van der Waals surface area contributed by atoms with E-state index < -0.39 is 0 Å². The monoisotopic (exact) mass is 283 g/mol. The molecule has 1 unspecified atom stereocenters. The largest absolute Gasteiger partial charge is 0.477 e. The summed E-state index contributed by atoms with van der Waals surface area (Å²) in [5, 5.41) is 10.6. The summed E-state index contributed by atoms with van der Waals surface area (Å²) in [4.78, 5) is 12.7. The summed E-state index contributed by atoms with van der Waals surface area (Å²) in [5.74, 6) is 1.67. The second-order valence-corrected chi connectivity index (χ2v) is 6.06. The van der Waals surface area contributed by atoms with Crippen molar-refractivity contribution in [2.75, 3.05) is 0 Å². The number of hydrogen-bond acceptors (Lipinski definition) is 2. The first-order valence-electron chi connectivity index (χ1n) is 7.68. The van der Waals surface area contributed by atoms with Crippen LogP contribution in [0.5, 0.6) is 5.88 Å². The van der Waals surface area contributed by atoms with Gasteiger partial charge in [-0.3, -0.25) is 0 Å². The summed E-state index contributed by atoms with van der Waals surface area (Å²) in [6.45, 7) is 1.61. The Morgan fingerprint density at radius 1 is 1.24 bits per heavy atom. The van der Waals surface area contributed by atoms with Crippen LogP contribution >= 0.6 is 0 Å². The molecule has 3 heterocycles. The predicted molar refractivity (Wildman–Crippen MR) is 78.4 cm³/mol. The van der Waals surface area contributed by atoms with E-state index >= 15 is 0 Å². The van der Waals surface area contributed by atoms with Crippen LogP contribution in [0.1, 0.15) is 42.1 Å². The van der Waals surface area contributed by atoms with Crippen molar-refractivity contribution in [3.8, 4) is 5.88 Å². The van der Waals surface area contributed by atoms with E-state index in [1.165, 1.54) is 0 Å². The van der Waals surface area contributed by atoms with E-state index in [1.54, 1.807) is 0 Å². The first kappa shape index (κ1) is 12.6. The van der Waals surface area contributed by atoms with Gasteiger partial charge in [0.05, 0.1) is 19.0 Å². The SMILES string of the molecule is O=c1c(Cc2ccccc2)c(O)[n+]2c3n1CCC3CCC2. The van der Waals surface area contributed by atoms with Gasteiger partial charge in [0.25, 0.3) is 11.7 Å². The van der Waals surface area contributed by atoms with Crippen molar-refractivity contribution in [3.63, 3.8) is 0 Å². The highest BCUT2D eigenvalue weighted by molar-refractivity contribution is 5.29. The molecule has 2 aliphatic rings. The van der Waals surface area contributed by atoms with Crippen LogP contribution in [0.15, 0.2) is 35.1 Å². The smallest absolute Gasteiger partial charge is 0.344 e. The number of hydrogen-bond donors (Lipinski definition) is 1. The second-order valence-electron chi connectivity index (χ2n) is 6.06. The molecule has 0 fully saturated rings. The maximum Gasteiger partial charge on any atom is 0.344 e. The van der Waals surface area contributed by atoms with E-state index in [1.807, 2.05) is 39.5 Å². The van der Waals surface area contributed by atoms with Crippen LogP contribution in [-0.2, 0) is 19.5 Å². The van der Waals surface area contributed by atoms with Gasteiger partial charge >= 0.3 is 5.56 Å². The summed E-state index contributed by atoms with van der Waals surface area (Å²) >= 11 is 0. The molecule has 0 aliphatic carbocycles. The van der Waals surface area contributed by atoms with Crippen molar-refractivity contribution < 1.29 is 9.67 Å². The van der Waals surface area contributed by atoms with E-state index in [9.17, 15) is 9.90 Å². The van der Waals surface area contributed by atoms with Crippen LogP contribution < -0.4 is 10.1 Å². The molecular weight excluding hydrogens is 264 g/mol. The number of nitrogens with zero attached hydrogens (tertiary/aromatic N) is 2. The van der Waals surface area contributed by atoms with E-state index in [2.05, 4.69) is 0 Å². The van der Waals surface area contributed by atoms with Gasteiger partial charge in [0, 0.05) is 6.42 Å². The molecule has 1 N–H and O–H groups in total. The van der Waals surface area contributed by atoms with Crippen LogP contribution in [0.2, 0.25) is 0 Å². The van der Waals surface area contributed by atoms with Gasteiger partial charge in [-0.25, -0.2) is 4.79 Å². The molecular formula is C17H19N2O2+. The van der Waals surface area contributed by atoms with Crippen molar-refractivity contribution in [1.82, 2.24) is 4.57 Å². The van der Waals surface area contributed by atoms with Crippen molar-refractivity contribution in [3.05, 3.63) is 57.6 Å². The van der Waals surface area contributed by atoms with Crippen LogP contribution in [0.25, 0.3) is 0 Å². The third-order valence-corrected chi connectivity index (χ3v) is 4.81. The molecule has 2 aliphatic heterocycles. The first-order valence-corrected chi connectivity index (χ1v) is 7.68. The minimum Gasteiger partial charge on any atom is -0.477 e. The number of aromatic hydroxyl groups is 1. The average Bonchev–Trinajstić information content (AvgIpc) is 2.95. The fourth-order valence-corrected chi connectivity index (χ4v) is 3.79. The summed E-state index contributed by atoms with van der Waals surface area (Å²) in [6, 6.07) is 9.88. The molecule has 0 amide bonds. The van der Waals surface area contributed by atoms with E-state index in [-0.39, 0.29) is 11.4 Å². The molecule has 0 saturated carbocycles. The zero-order valence-electron chi connectivity index (χ0n) is 12.0. The highest BCUT2D eigenvalue weighted by atomic mass is 16.3. The van der Waals surface area contributed by atoms with E-state index in [0.717, 1.165) is 43.7 Å². The lowest BCUT2D eigenvalue weighted by molar-refractivity contribution is -0.720. The third kappa shape index (κ3) is 1.89. The summed E-state index contributed by atoms with van der Waals surface area (Å²) in [5.41, 5.74) is 1.59. The quantitative estimate of drug-likeness (QED) is 0.853. The van der Waals surface area contributed by atoms with Crippen molar-refractivity contribution in [2.45, 2.75) is 44.7 Å². The molecule has 2 aromatic rings. The van der Waals surface area contributed by atoms with Crippen LogP contribution in [0.4, 0.5) is 0 Å². The Hall–Kier alpha value is -2.10. The van der Waals surface area contributed by atoms with Gasteiger partial charge in [0.1, 0.15) is 5.56 Å². The normalized spacial score (nSPS) is 19.5. The molecule has 4 rings (SSSR count). The van der Waals surface area contributed by atoms with Crippen LogP contribution in [-0.4, -0.2) is 9.67 Å². The molecule has 0 radical (unpaired) electrons.